The molecule has 0 heterocycles. The third-order valence-electron chi connectivity index (χ3n) is 2.71. The summed E-state index contributed by atoms with van der Waals surface area (Å²) in [6.45, 7) is 0. The molecule has 1 saturated carbocycles. The first-order valence-corrected chi connectivity index (χ1v) is 4.52. The van der Waals surface area contributed by atoms with E-state index in [0.29, 0.717) is 12.8 Å². The molecule has 5 nitrogen and oxygen atoms in total. The molecule has 1 aliphatic rings. The number of amides is 1. The summed E-state index contributed by atoms with van der Waals surface area (Å²) >= 11 is 0. The molecule has 14 heavy (non-hydrogen) atoms. The van der Waals surface area contributed by atoms with Crippen molar-refractivity contribution in [1.29, 1.82) is 5.26 Å². The molecular weight excluding hydrogens is 184 g/mol. The Morgan fingerprint density at radius 1 is 1.43 bits per heavy atom. The van der Waals surface area contributed by atoms with Gasteiger partial charge in [-0.25, -0.2) is 0 Å². The summed E-state index contributed by atoms with van der Waals surface area (Å²) in [7, 11) is 0. The number of rotatable bonds is 3. The van der Waals surface area contributed by atoms with Gasteiger partial charge in [-0.05, 0) is 12.8 Å². The Labute approximate surface area is 81.7 Å². The largest absolute Gasteiger partial charge is 0.481 e. The summed E-state index contributed by atoms with van der Waals surface area (Å²) in [4.78, 5) is 22.1. The van der Waals surface area contributed by atoms with Crippen molar-refractivity contribution in [2.45, 2.75) is 32.1 Å². The highest BCUT2D eigenvalue weighted by Crippen LogP contribution is 2.41. The number of hydrogen-bond acceptors (Lipinski definition) is 3. The van der Waals surface area contributed by atoms with Crippen LogP contribution >= 0.6 is 0 Å². The number of nitrogens with zero attached hydrogens (tertiary/aromatic N) is 1. The van der Waals surface area contributed by atoms with Gasteiger partial charge in [0.25, 0.3) is 0 Å². The average Bonchev–Trinajstić information content (AvgIpc) is 2.54. The number of carboxylic acids is 1. The normalized spacial score (nSPS) is 18.5. The van der Waals surface area contributed by atoms with Gasteiger partial charge in [0.2, 0.25) is 5.91 Å². The SMILES string of the molecule is N#CNC(=O)CC1(C(=O)O)CCCC1. The molecule has 2 N–H and O–H groups in total. The highest BCUT2D eigenvalue weighted by Gasteiger charge is 2.42. The van der Waals surface area contributed by atoms with E-state index in [0.717, 1.165) is 12.8 Å². The maximum absolute atomic E-state index is 11.1. The van der Waals surface area contributed by atoms with Crippen molar-refractivity contribution in [3.63, 3.8) is 0 Å². The quantitative estimate of drug-likeness (QED) is 0.511. The fourth-order valence-corrected chi connectivity index (χ4v) is 1.93. The second-order valence-electron chi connectivity index (χ2n) is 3.63. The Bertz CT molecular complexity index is 287. The van der Waals surface area contributed by atoms with E-state index in [4.69, 9.17) is 10.4 Å². The zero-order valence-electron chi connectivity index (χ0n) is 7.75. The minimum Gasteiger partial charge on any atom is -0.481 e. The van der Waals surface area contributed by atoms with E-state index < -0.39 is 17.3 Å². The first kappa shape index (κ1) is 10.5. The Balaban J connectivity index is 2.66. The van der Waals surface area contributed by atoms with Crippen LogP contribution in [0, 0.1) is 16.9 Å². The third-order valence-corrected chi connectivity index (χ3v) is 2.71. The first-order valence-electron chi connectivity index (χ1n) is 4.52. The summed E-state index contributed by atoms with van der Waals surface area (Å²) < 4.78 is 0. The van der Waals surface area contributed by atoms with Crippen LogP contribution in [0.15, 0.2) is 0 Å². The molecular formula is C9H12N2O3. The van der Waals surface area contributed by atoms with Crippen LogP contribution in [0.1, 0.15) is 32.1 Å². The Morgan fingerprint density at radius 3 is 2.43 bits per heavy atom. The van der Waals surface area contributed by atoms with Gasteiger partial charge in [0.15, 0.2) is 6.19 Å². The van der Waals surface area contributed by atoms with Crippen LogP contribution in [0.5, 0.6) is 0 Å². The van der Waals surface area contributed by atoms with Crippen molar-refractivity contribution >= 4 is 11.9 Å². The van der Waals surface area contributed by atoms with E-state index in [2.05, 4.69) is 0 Å². The van der Waals surface area contributed by atoms with Gasteiger partial charge < -0.3 is 5.11 Å². The van der Waals surface area contributed by atoms with E-state index >= 15 is 0 Å². The fourth-order valence-electron chi connectivity index (χ4n) is 1.93. The van der Waals surface area contributed by atoms with Gasteiger partial charge in [0, 0.05) is 6.42 Å². The molecule has 1 amide bonds. The van der Waals surface area contributed by atoms with Gasteiger partial charge in [0.05, 0.1) is 5.41 Å². The van der Waals surface area contributed by atoms with Crippen LogP contribution in [0.25, 0.3) is 0 Å². The average molecular weight is 196 g/mol. The maximum atomic E-state index is 11.1. The van der Waals surface area contributed by atoms with Crippen molar-refractivity contribution in [2.24, 2.45) is 5.41 Å². The van der Waals surface area contributed by atoms with E-state index in [1.165, 1.54) is 6.19 Å². The monoisotopic (exact) mass is 196 g/mol. The molecule has 1 fully saturated rings. The van der Waals surface area contributed by atoms with Gasteiger partial charge in [-0.1, -0.05) is 12.8 Å². The Morgan fingerprint density at radius 2 is 2.00 bits per heavy atom. The number of nitriles is 1. The molecule has 0 spiro atoms. The maximum Gasteiger partial charge on any atom is 0.310 e. The number of carboxylic acid groups (broad SMARTS) is 1. The minimum absolute atomic E-state index is 0.0874. The molecule has 0 radical (unpaired) electrons. The van der Waals surface area contributed by atoms with Gasteiger partial charge in [0.1, 0.15) is 0 Å². The van der Waals surface area contributed by atoms with Crippen molar-refractivity contribution in [2.75, 3.05) is 0 Å². The van der Waals surface area contributed by atoms with Crippen LogP contribution in [0.2, 0.25) is 0 Å². The van der Waals surface area contributed by atoms with Crippen molar-refractivity contribution in [3.05, 3.63) is 0 Å². The predicted molar refractivity (Wildman–Crippen MR) is 46.9 cm³/mol. The molecule has 5 heteroatoms. The van der Waals surface area contributed by atoms with Gasteiger partial charge in [-0.3, -0.25) is 14.9 Å². The zero-order valence-corrected chi connectivity index (χ0v) is 7.75. The number of carbonyl (C=O) groups is 2. The topological polar surface area (TPSA) is 90.2 Å². The molecule has 0 atom stereocenters. The van der Waals surface area contributed by atoms with E-state index in [1.807, 2.05) is 5.32 Å². The van der Waals surface area contributed by atoms with Crippen LogP contribution in [0.3, 0.4) is 0 Å². The Hall–Kier alpha value is -1.57. The van der Waals surface area contributed by atoms with Crippen LogP contribution < -0.4 is 5.32 Å². The third kappa shape index (κ3) is 2.02. The van der Waals surface area contributed by atoms with Crippen molar-refractivity contribution in [3.8, 4) is 6.19 Å². The van der Waals surface area contributed by atoms with E-state index in [1.54, 1.807) is 0 Å². The second-order valence-corrected chi connectivity index (χ2v) is 3.63. The molecule has 0 saturated heterocycles. The molecule has 1 rings (SSSR count). The lowest BCUT2D eigenvalue weighted by Gasteiger charge is -2.21. The number of nitrogens with one attached hydrogen (secondary N) is 1. The number of hydrogen-bond donors (Lipinski definition) is 2. The molecule has 0 aromatic carbocycles. The molecule has 0 aromatic heterocycles. The van der Waals surface area contributed by atoms with Crippen LogP contribution in [0.4, 0.5) is 0 Å². The standard InChI is InChI=1S/C9H12N2O3/c10-6-11-7(12)5-9(8(13)14)3-1-2-4-9/h1-5H2,(H,11,12)(H,13,14). The second kappa shape index (κ2) is 4.09. The summed E-state index contributed by atoms with van der Waals surface area (Å²) in [5.41, 5.74) is -0.930. The Kier molecular flexibility index (Phi) is 3.07. The van der Waals surface area contributed by atoms with E-state index in [-0.39, 0.29) is 6.42 Å². The van der Waals surface area contributed by atoms with Gasteiger partial charge in [-0.2, -0.15) is 5.26 Å². The smallest absolute Gasteiger partial charge is 0.310 e. The van der Waals surface area contributed by atoms with Gasteiger partial charge in [-0.15, -0.1) is 0 Å². The van der Waals surface area contributed by atoms with Crippen LogP contribution in [-0.2, 0) is 9.59 Å². The number of carbonyl (C=O) groups excluding carboxylic acids is 1. The molecule has 0 aromatic rings. The summed E-state index contributed by atoms with van der Waals surface area (Å²) in [5, 5.41) is 19.2. The molecule has 0 unspecified atom stereocenters. The summed E-state index contributed by atoms with van der Waals surface area (Å²) in [5.74, 6) is -1.43. The summed E-state index contributed by atoms with van der Waals surface area (Å²) in [6.07, 6.45) is 4.15. The molecule has 0 aliphatic heterocycles. The highest BCUT2D eigenvalue weighted by atomic mass is 16.4. The molecule has 0 bridgehead atoms. The summed E-state index contributed by atoms with van der Waals surface area (Å²) in [6, 6.07) is 0. The highest BCUT2D eigenvalue weighted by molar-refractivity contribution is 5.85. The van der Waals surface area contributed by atoms with Crippen LogP contribution in [-0.4, -0.2) is 17.0 Å². The molecule has 76 valence electrons. The minimum atomic E-state index is -0.930. The first-order chi connectivity index (χ1) is 6.60. The lowest BCUT2D eigenvalue weighted by Crippen LogP contribution is -2.34. The zero-order chi connectivity index (χ0) is 10.6. The van der Waals surface area contributed by atoms with Crippen molar-refractivity contribution < 1.29 is 14.7 Å². The van der Waals surface area contributed by atoms with Gasteiger partial charge >= 0.3 is 5.97 Å². The lowest BCUT2D eigenvalue weighted by atomic mass is 9.82. The van der Waals surface area contributed by atoms with Crippen molar-refractivity contribution in [1.82, 2.24) is 5.32 Å². The fraction of sp³-hybridized carbons (Fsp3) is 0.667. The number of aliphatic carboxylic acids is 1. The lowest BCUT2D eigenvalue weighted by molar-refractivity contribution is -0.151. The predicted octanol–water partition coefficient (Wildman–Crippen LogP) is 0.619. The van der Waals surface area contributed by atoms with E-state index in [9.17, 15) is 9.59 Å². The molecule has 1 aliphatic carbocycles.